The zero-order chi connectivity index (χ0) is 12.3. The highest BCUT2D eigenvalue weighted by atomic mass is 16.3. The molecule has 17 heavy (non-hydrogen) atoms. The van der Waals surface area contributed by atoms with Gasteiger partial charge in [-0.05, 0) is 50.5 Å². The van der Waals surface area contributed by atoms with Gasteiger partial charge in [0.2, 0.25) is 0 Å². The topological polar surface area (TPSA) is 23.5 Å². The van der Waals surface area contributed by atoms with Crippen molar-refractivity contribution in [2.45, 2.75) is 70.9 Å². The summed E-state index contributed by atoms with van der Waals surface area (Å²) in [7, 11) is 0. The molecule has 2 rings (SSSR count). The summed E-state index contributed by atoms with van der Waals surface area (Å²) in [5, 5.41) is 9.25. The van der Waals surface area contributed by atoms with E-state index in [1.807, 2.05) is 0 Å². The quantitative estimate of drug-likeness (QED) is 0.797. The summed E-state index contributed by atoms with van der Waals surface area (Å²) >= 11 is 0. The van der Waals surface area contributed by atoms with Crippen LogP contribution in [0.15, 0.2) is 0 Å². The summed E-state index contributed by atoms with van der Waals surface area (Å²) in [5.74, 6) is 1.64. The average molecular weight is 239 g/mol. The molecule has 0 bridgehead atoms. The van der Waals surface area contributed by atoms with Crippen molar-refractivity contribution >= 4 is 0 Å². The molecule has 0 saturated carbocycles. The van der Waals surface area contributed by atoms with Crippen LogP contribution in [-0.4, -0.2) is 35.2 Å². The van der Waals surface area contributed by atoms with Crippen LogP contribution in [-0.2, 0) is 0 Å². The van der Waals surface area contributed by atoms with Crippen molar-refractivity contribution in [3.63, 3.8) is 0 Å². The first-order valence-electron chi connectivity index (χ1n) is 7.68. The van der Waals surface area contributed by atoms with Gasteiger partial charge < -0.3 is 5.11 Å². The smallest absolute Gasteiger partial charge is 0.0434 e. The standard InChI is InChI=1S/C15H29NO/c1-3-6-14-12(4-2)11-13(8-10-17)15-7-5-9-16(14)15/h12-15,17H,3-11H2,1-2H3. The minimum atomic E-state index is 0.379. The van der Waals surface area contributed by atoms with Crippen LogP contribution in [0.5, 0.6) is 0 Å². The van der Waals surface area contributed by atoms with Gasteiger partial charge in [-0.1, -0.05) is 26.7 Å². The Morgan fingerprint density at radius 3 is 2.65 bits per heavy atom. The Balaban J connectivity index is 2.09. The summed E-state index contributed by atoms with van der Waals surface area (Å²) in [6, 6.07) is 1.63. The molecular weight excluding hydrogens is 210 g/mol. The third kappa shape index (κ3) is 2.68. The summed E-state index contributed by atoms with van der Waals surface area (Å²) in [6.07, 6.45) is 9.15. The van der Waals surface area contributed by atoms with Gasteiger partial charge in [-0.25, -0.2) is 0 Å². The van der Waals surface area contributed by atoms with Crippen molar-refractivity contribution in [3.05, 3.63) is 0 Å². The van der Waals surface area contributed by atoms with Crippen molar-refractivity contribution in [3.8, 4) is 0 Å². The summed E-state index contributed by atoms with van der Waals surface area (Å²) in [4.78, 5) is 2.81. The Hall–Kier alpha value is -0.0800. The number of fused-ring (bicyclic) bond motifs is 1. The lowest BCUT2D eigenvalue weighted by atomic mass is 9.75. The minimum Gasteiger partial charge on any atom is -0.396 e. The molecule has 2 heteroatoms. The molecule has 0 aromatic carbocycles. The Morgan fingerprint density at radius 2 is 2.00 bits per heavy atom. The van der Waals surface area contributed by atoms with Crippen molar-refractivity contribution in [1.29, 1.82) is 0 Å². The van der Waals surface area contributed by atoms with Gasteiger partial charge in [0.05, 0.1) is 0 Å². The summed E-state index contributed by atoms with van der Waals surface area (Å²) < 4.78 is 0. The minimum absolute atomic E-state index is 0.379. The first kappa shape index (κ1) is 13.4. The molecule has 0 radical (unpaired) electrons. The van der Waals surface area contributed by atoms with E-state index in [0.717, 1.165) is 30.3 Å². The highest BCUT2D eigenvalue weighted by molar-refractivity contribution is 4.97. The fourth-order valence-electron chi connectivity index (χ4n) is 4.32. The number of piperidine rings is 1. The van der Waals surface area contributed by atoms with Gasteiger partial charge in [0, 0.05) is 18.7 Å². The van der Waals surface area contributed by atoms with Gasteiger partial charge in [0.25, 0.3) is 0 Å². The van der Waals surface area contributed by atoms with E-state index < -0.39 is 0 Å². The molecule has 1 N–H and O–H groups in total. The van der Waals surface area contributed by atoms with Crippen LogP contribution in [0.4, 0.5) is 0 Å². The fraction of sp³-hybridized carbons (Fsp3) is 1.00. The van der Waals surface area contributed by atoms with Crippen molar-refractivity contribution in [2.24, 2.45) is 11.8 Å². The Bertz CT molecular complexity index is 231. The molecule has 0 amide bonds. The number of hydrogen-bond acceptors (Lipinski definition) is 2. The molecule has 2 saturated heterocycles. The third-order valence-corrected chi connectivity index (χ3v) is 5.07. The maximum atomic E-state index is 9.25. The molecule has 0 aromatic heterocycles. The second kappa shape index (κ2) is 6.19. The van der Waals surface area contributed by atoms with Gasteiger partial charge in [-0.15, -0.1) is 0 Å². The van der Waals surface area contributed by atoms with Gasteiger partial charge in [0.1, 0.15) is 0 Å². The van der Waals surface area contributed by atoms with Crippen molar-refractivity contribution < 1.29 is 5.11 Å². The van der Waals surface area contributed by atoms with Gasteiger partial charge in [-0.2, -0.15) is 0 Å². The van der Waals surface area contributed by atoms with E-state index in [-0.39, 0.29) is 0 Å². The van der Waals surface area contributed by atoms with E-state index in [2.05, 4.69) is 18.7 Å². The van der Waals surface area contributed by atoms with E-state index in [1.165, 1.54) is 45.1 Å². The second-order valence-corrected chi connectivity index (χ2v) is 5.98. The monoisotopic (exact) mass is 239 g/mol. The highest BCUT2D eigenvalue weighted by Gasteiger charge is 2.43. The summed E-state index contributed by atoms with van der Waals surface area (Å²) in [6.45, 7) is 6.36. The number of aliphatic hydroxyl groups is 1. The first-order valence-corrected chi connectivity index (χ1v) is 7.68. The average Bonchev–Trinajstić information content (AvgIpc) is 2.81. The van der Waals surface area contributed by atoms with Crippen LogP contribution in [0.1, 0.15) is 58.8 Å². The Labute approximate surface area is 106 Å². The highest BCUT2D eigenvalue weighted by Crippen LogP contribution is 2.42. The molecule has 2 heterocycles. The maximum Gasteiger partial charge on any atom is 0.0434 e. The van der Waals surface area contributed by atoms with E-state index in [0.29, 0.717) is 6.61 Å². The van der Waals surface area contributed by atoms with Crippen molar-refractivity contribution in [2.75, 3.05) is 13.2 Å². The zero-order valence-corrected chi connectivity index (χ0v) is 11.6. The predicted molar refractivity (Wildman–Crippen MR) is 72.0 cm³/mol. The molecule has 2 fully saturated rings. The van der Waals surface area contributed by atoms with Crippen LogP contribution in [0.3, 0.4) is 0 Å². The lowest BCUT2D eigenvalue weighted by molar-refractivity contribution is 0.0114. The number of hydrogen-bond donors (Lipinski definition) is 1. The Morgan fingerprint density at radius 1 is 1.18 bits per heavy atom. The fourth-order valence-corrected chi connectivity index (χ4v) is 4.32. The molecule has 2 aliphatic rings. The maximum absolute atomic E-state index is 9.25. The number of rotatable bonds is 5. The molecule has 4 atom stereocenters. The van der Waals surface area contributed by atoms with E-state index >= 15 is 0 Å². The normalized spacial score (nSPS) is 38.3. The van der Waals surface area contributed by atoms with E-state index in [9.17, 15) is 5.11 Å². The van der Waals surface area contributed by atoms with E-state index in [4.69, 9.17) is 0 Å². The van der Waals surface area contributed by atoms with Crippen LogP contribution in [0.2, 0.25) is 0 Å². The summed E-state index contributed by atoms with van der Waals surface area (Å²) in [5.41, 5.74) is 0. The second-order valence-electron chi connectivity index (χ2n) is 5.98. The zero-order valence-electron chi connectivity index (χ0n) is 11.6. The molecule has 0 spiro atoms. The van der Waals surface area contributed by atoms with E-state index in [1.54, 1.807) is 0 Å². The van der Waals surface area contributed by atoms with Crippen molar-refractivity contribution in [1.82, 2.24) is 4.90 Å². The predicted octanol–water partition coefficient (Wildman–Crippen LogP) is 3.05. The van der Waals surface area contributed by atoms with Crippen LogP contribution < -0.4 is 0 Å². The molecule has 2 nitrogen and oxygen atoms in total. The lowest BCUT2D eigenvalue weighted by Crippen LogP contribution is -2.52. The van der Waals surface area contributed by atoms with Gasteiger partial charge in [-0.3, -0.25) is 4.90 Å². The van der Waals surface area contributed by atoms with Gasteiger partial charge >= 0.3 is 0 Å². The lowest BCUT2D eigenvalue weighted by Gasteiger charge is -2.47. The van der Waals surface area contributed by atoms with Crippen LogP contribution >= 0.6 is 0 Å². The third-order valence-electron chi connectivity index (χ3n) is 5.07. The SMILES string of the molecule is CCCC1C(CC)CC(CCO)C2CCCN12. The number of aliphatic hydroxyl groups excluding tert-OH is 1. The largest absolute Gasteiger partial charge is 0.396 e. The van der Waals surface area contributed by atoms with Crippen LogP contribution in [0, 0.1) is 11.8 Å². The molecule has 4 unspecified atom stereocenters. The molecule has 0 aliphatic carbocycles. The molecule has 100 valence electrons. The number of nitrogens with zero attached hydrogens (tertiary/aromatic N) is 1. The molecule has 0 aromatic rings. The van der Waals surface area contributed by atoms with Gasteiger partial charge in [0.15, 0.2) is 0 Å². The van der Waals surface area contributed by atoms with Crippen LogP contribution in [0.25, 0.3) is 0 Å². The molecule has 2 aliphatic heterocycles. The Kier molecular flexibility index (Phi) is 4.87. The molecular formula is C15H29NO. The first-order chi connectivity index (χ1) is 8.31.